The van der Waals surface area contributed by atoms with E-state index in [-0.39, 0.29) is 24.4 Å². The van der Waals surface area contributed by atoms with Crippen LogP contribution in [-0.4, -0.2) is 42.9 Å². The van der Waals surface area contributed by atoms with E-state index in [1.54, 1.807) is 20.8 Å². The van der Waals surface area contributed by atoms with Crippen LogP contribution in [0.4, 0.5) is 10.5 Å². The number of methoxy groups -OCH3 is 1. The lowest BCUT2D eigenvalue weighted by atomic mass is 9.71. The number of hydrogen-bond donors (Lipinski definition) is 3. The molecule has 0 bridgehead atoms. The van der Waals surface area contributed by atoms with Crippen molar-refractivity contribution in [2.45, 2.75) is 33.1 Å². The average Bonchev–Trinajstić information content (AvgIpc) is 3.16. The third kappa shape index (κ3) is 4.55. The molecule has 180 valence electrons. The van der Waals surface area contributed by atoms with Gasteiger partial charge in [-0.25, -0.2) is 4.79 Å². The Hall–Kier alpha value is -3.62. The average molecular weight is 473 g/mol. The first-order valence-electron chi connectivity index (χ1n) is 11.4. The Morgan fingerprint density at radius 1 is 0.914 bits per heavy atom. The van der Waals surface area contributed by atoms with Gasteiger partial charge < -0.3 is 19.5 Å². The van der Waals surface area contributed by atoms with E-state index in [9.17, 15) is 19.6 Å². The molecule has 0 spiro atoms. The molecule has 1 aliphatic rings. The molecule has 35 heavy (non-hydrogen) atoms. The van der Waals surface area contributed by atoms with Gasteiger partial charge in [0.25, 0.3) is 0 Å². The summed E-state index contributed by atoms with van der Waals surface area (Å²) in [6.45, 7) is 5.32. The number of esters is 1. The van der Waals surface area contributed by atoms with Gasteiger partial charge in [-0.2, -0.15) is 0 Å². The number of carbonyl (C=O) groups excluding carboxylic acids is 2. The summed E-state index contributed by atoms with van der Waals surface area (Å²) < 4.78 is 10.5. The van der Waals surface area contributed by atoms with Crippen molar-refractivity contribution in [3.8, 4) is 11.1 Å². The van der Waals surface area contributed by atoms with Crippen LogP contribution >= 0.6 is 0 Å². The van der Waals surface area contributed by atoms with Crippen LogP contribution in [0.3, 0.4) is 0 Å². The summed E-state index contributed by atoms with van der Waals surface area (Å²) in [6, 6.07) is 16.2. The molecule has 0 atom stereocenters. The largest absolute Gasteiger partial charge is 0.489 e. The molecule has 7 nitrogen and oxygen atoms in total. The number of fused-ring (bicyclic) bond motifs is 3. The number of carbonyl (C=O) groups is 2. The molecule has 3 N–H and O–H groups in total. The van der Waals surface area contributed by atoms with Gasteiger partial charge in [-0.05, 0) is 70.7 Å². The number of benzene rings is 3. The van der Waals surface area contributed by atoms with E-state index in [0.717, 1.165) is 22.3 Å². The molecule has 0 aromatic heterocycles. The minimum atomic E-state index is -1.77. The van der Waals surface area contributed by atoms with Gasteiger partial charge in [0.15, 0.2) is 0 Å². The van der Waals surface area contributed by atoms with Crippen LogP contribution in [0.1, 0.15) is 39.3 Å². The zero-order valence-corrected chi connectivity index (χ0v) is 20.2. The van der Waals surface area contributed by atoms with Gasteiger partial charge in [0, 0.05) is 11.6 Å². The first-order chi connectivity index (χ1) is 16.7. The molecule has 8 heteroatoms. The number of rotatable bonds is 6. The van der Waals surface area contributed by atoms with Gasteiger partial charge >= 0.3 is 19.2 Å². The summed E-state index contributed by atoms with van der Waals surface area (Å²) >= 11 is 0. The van der Waals surface area contributed by atoms with Gasteiger partial charge in [-0.3, -0.25) is 10.1 Å². The monoisotopic (exact) mass is 473 g/mol. The topological polar surface area (TPSA) is 105 Å². The van der Waals surface area contributed by atoms with Crippen LogP contribution in [0.5, 0.6) is 0 Å². The molecule has 0 radical (unpaired) electrons. The Balaban J connectivity index is 1.59. The van der Waals surface area contributed by atoms with Crippen molar-refractivity contribution in [1.29, 1.82) is 0 Å². The summed E-state index contributed by atoms with van der Waals surface area (Å²) in [5.74, 6) is -0.552. The third-order valence-corrected chi connectivity index (χ3v) is 6.84. The fraction of sp³-hybridized carbons (Fsp3) is 0.259. The zero-order chi connectivity index (χ0) is 25.3. The minimum Gasteiger partial charge on any atom is -0.469 e. The van der Waals surface area contributed by atoms with Crippen LogP contribution in [0.15, 0.2) is 48.5 Å². The number of anilines is 1. The maximum absolute atomic E-state index is 12.9. The Morgan fingerprint density at radius 3 is 2.03 bits per heavy atom. The standard InChI is InChI=1S/C27H28BNO6/c1-15-22(13-24(30)34-4)16(2)26(17(3)25(15)28(32)33)29-27(31)35-14-23-20-11-7-5-9-18(20)19-10-6-8-12-21(19)23/h5-12,23,32-33H,13-14H2,1-4H3,(H,29,31). The van der Waals surface area contributed by atoms with E-state index in [2.05, 4.69) is 17.4 Å². The summed E-state index contributed by atoms with van der Waals surface area (Å²) in [7, 11) is -0.478. The number of nitrogens with one attached hydrogen (secondary N) is 1. The van der Waals surface area contributed by atoms with Gasteiger partial charge in [0.2, 0.25) is 0 Å². The normalized spacial score (nSPS) is 12.1. The first-order valence-corrected chi connectivity index (χ1v) is 11.4. The zero-order valence-electron chi connectivity index (χ0n) is 20.2. The van der Waals surface area contributed by atoms with Crippen molar-refractivity contribution in [2.75, 3.05) is 19.0 Å². The van der Waals surface area contributed by atoms with E-state index in [1.807, 2.05) is 36.4 Å². The van der Waals surface area contributed by atoms with Crippen molar-refractivity contribution >= 4 is 30.3 Å². The first kappa shape index (κ1) is 24.5. The highest BCUT2D eigenvalue weighted by molar-refractivity contribution is 6.60. The number of ether oxygens (including phenoxy) is 2. The lowest BCUT2D eigenvalue weighted by Crippen LogP contribution is -2.37. The van der Waals surface area contributed by atoms with Gasteiger partial charge in [0.1, 0.15) is 6.61 Å². The Morgan fingerprint density at radius 2 is 1.49 bits per heavy atom. The maximum atomic E-state index is 12.9. The Labute approximate surface area is 204 Å². The van der Waals surface area contributed by atoms with Crippen LogP contribution in [0.25, 0.3) is 11.1 Å². The molecular weight excluding hydrogens is 445 g/mol. The van der Waals surface area contributed by atoms with Gasteiger partial charge in [0.05, 0.1) is 13.5 Å². The number of amides is 1. The molecule has 1 amide bonds. The lowest BCUT2D eigenvalue weighted by molar-refractivity contribution is -0.139. The fourth-order valence-electron chi connectivity index (χ4n) is 5.08. The van der Waals surface area contributed by atoms with E-state index in [1.165, 1.54) is 7.11 Å². The van der Waals surface area contributed by atoms with Crippen molar-refractivity contribution in [2.24, 2.45) is 0 Å². The van der Waals surface area contributed by atoms with Crippen molar-refractivity contribution in [3.05, 3.63) is 81.9 Å². The smallest absolute Gasteiger partial charge is 0.469 e. The third-order valence-electron chi connectivity index (χ3n) is 6.84. The highest BCUT2D eigenvalue weighted by Gasteiger charge is 2.30. The van der Waals surface area contributed by atoms with Gasteiger partial charge in [-0.1, -0.05) is 48.5 Å². The van der Waals surface area contributed by atoms with Crippen LogP contribution < -0.4 is 10.8 Å². The molecule has 0 fully saturated rings. The predicted molar refractivity (Wildman–Crippen MR) is 135 cm³/mol. The molecule has 0 unspecified atom stereocenters. The molecule has 3 aromatic carbocycles. The SMILES string of the molecule is COC(=O)Cc1c(C)c(NC(=O)OCC2c3ccccc3-c3ccccc32)c(C)c(B(O)O)c1C. The predicted octanol–water partition coefficient (Wildman–Crippen LogP) is 3.37. The summed E-state index contributed by atoms with van der Waals surface area (Å²) in [4.78, 5) is 24.9. The summed E-state index contributed by atoms with van der Waals surface area (Å²) in [5, 5.41) is 22.7. The molecule has 0 saturated carbocycles. The van der Waals surface area contributed by atoms with Crippen LogP contribution in [0.2, 0.25) is 0 Å². The second kappa shape index (κ2) is 9.94. The molecule has 0 saturated heterocycles. The molecule has 1 aliphatic carbocycles. The van der Waals surface area contributed by atoms with E-state index < -0.39 is 19.2 Å². The van der Waals surface area contributed by atoms with E-state index in [0.29, 0.717) is 27.9 Å². The van der Waals surface area contributed by atoms with Crippen LogP contribution in [0, 0.1) is 20.8 Å². The molecule has 0 aliphatic heterocycles. The summed E-state index contributed by atoms with van der Waals surface area (Å²) in [6.07, 6.45) is -0.725. The quantitative estimate of drug-likeness (QED) is 0.375. The molecule has 4 rings (SSSR count). The fourth-order valence-corrected chi connectivity index (χ4v) is 5.08. The molecule has 3 aromatic rings. The lowest BCUT2D eigenvalue weighted by Gasteiger charge is -2.22. The Kier molecular flexibility index (Phi) is 6.96. The summed E-state index contributed by atoms with van der Waals surface area (Å²) in [5.41, 5.74) is 7.38. The van der Waals surface area contributed by atoms with Gasteiger partial charge in [-0.15, -0.1) is 0 Å². The van der Waals surface area contributed by atoms with E-state index >= 15 is 0 Å². The van der Waals surface area contributed by atoms with Crippen LogP contribution in [-0.2, 0) is 20.7 Å². The Bertz CT molecular complexity index is 1260. The highest BCUT2D eigenvalue weighted by Crippen LogP contribution is 2.44. The second-order valence-corrected chi connectivity index (χ2v) is 8.72. The number of hydrogen-bond acceptors (Lipinski definition) is 6. The second-order valence-electron chi connectivity index (χ2n) is 8.72. The molecule has 0 heterocycles. The minimum absolute atomic E-state index is 0.0620. The highest BCUT2D eigenvalue weighted by atomic mass is 16.5. The van der Waals surface area contributed by atoms with Crippen molar-refractivity contribution < 1.29 is 29.1 Å². The van der Waals surface area contributed by atoms with Crippen molar-refractivity contribution in [1.82, 2.24) is 0 Å². The maximum Gasteiger partial charge on any atom is 0.489 e. The van der Waals surface area contributed by atoms with E-state index in [4.69, 9.17) is 9.47 Å². The molecular formula is C27H28BNO6. The van der Waals surface area contributed by atoms with Crippen molar-refractivity contribution in [3.63, 3.8) is 0 Å².